The van der Waals surface area contributed by atoms with Gasteiger partial charge in [0.1, 0.15) is 0 Å². The summed E-state index contributed by atoms with van der Waals surface area (Å²) in [6.07, 6.45) is -2.22. The lowest BCUT2D eigenvalue weighted by Gasteiger charge is -2.05. The zero-order valence-corrected chi connectivity index (χ0v) is 7.91. The molecule has 0 aromatic carbocycles. The van der Waals surface area contributed by atoms with Gasteiger partial charge in [-0.15, -0.1) is 11.6 Å². The molecule has 15 heavy (non-hydrogen) atoms. The van der Waals surface area contributed by atoms with Crippen LogP contribution in [0.25, 0.3) is 0 Å². The van der Waals surface area contributed by atoms with E-state index in [1.807, 2.05) is 0 Å². The fourth-order valence-corrected chi connectivity index (χ4v) is 1.20. The summed E-state index contributed by atoms with van der Waals surface area (Å²) in [5.74, 6) is -1.42. The third kappa shape index (κ3) is 2.12. The van der Waals surface area contributed by atoms with Crippen molar-refractivity contribution in [2.75, 3.05) is 0 Å². The monoisotopic (exact) mass is 238 g/mol. The first kappa shape index (κ1) is 11.6. The zero-order chi connectivity index (χ0) is 11.6. The van der Waals surface area contributed by atoms with Crippen LogP contribution in [-0.4, -0.2) is 15.0 Å². The minimum Gasteiger partial charge on any atom is -0.501 e. The molecule has 0 aliphatic rings. The van der Waals surface area contributed by atoms with E-state index < -0.39 is 28.5 Å². The van der Waals surface area contributed by atoms with Crippen LogP contribution in [0, 0.1) is 10.1 Å². The Balaban J connectivity index is 3.42. The van der Waals surface area contributed by atoms with Gasteiger partial charge in [-0.2, -0.15) is 0 Å². The minimum atomic E-state index is -3.08. The number of hydrogen-bond donors (Lipinski definition) is 1. The molecule has 1 heterocycles. The van der Waals surface area contributed by atoms with Crippen molar-refractivity contribution >= 4 is 17.3 Å². The van der Waals surface area contributed by atoms with Gasteiger partial charge in [-0.1, -0.05) is 0 Å². The lowest BCUT2D eigenvalue weighted by atomic mass is 10.2. The Hall–Kier alpha value is -1.50. The maximum absolute atomic E-state index is 12.2. The molecule has 82 valence electrons. The second-order valence-corrected chi connectivity index (χ2v) is 2.82. The molecule has 0 radical (unpaired) electrons. The van der Waals surface area contributed by atoms with E-state index in [-0.39, 0.29) is 11.4 Å². The highest BCUT2D eigenvalue weighted by Gasteiger charge is 2.27. The summed E-state index contributed by atoms with van der Waals surface area (Å²) in [6, 6.07) is 0. The summed E-state index contributed by atoms with van der Waals surface area (Å²) < 4.78 is 24.5. The summed E-state index contributed by atoms with van der Waals surface area (Å²) in [4.78, 5) is 12.7. The molecule has 0 amide bonds. The first-order chi connectivity index (χ1) is 6.99. The maximum Gasteiger partial charge on any atom is 0.318 e. The van der Waals surface area contributed by atoms with Crippen molar-refractivity contribution in [3.05, 3.63) is 27.6 Å². The molecule has 0 atom stereocenters. The number of aromatic nitrogens is 1. The Morgan fingerprint density at radius 3 is 2.67 bits per heavy atom. The maximum atomic E-state index is 12.2. The van der Waals surface area contributed by atoms with Crippen LogP contribution in [0.1, 0.15) is 17.7 Å². The highest BCUT2D eigenvalue weighted by atomic mass is 35.5. The number of alkyl halides is 3. The molecule has 1 aromatic rings. The van der Waals surface area contributed by atoms with E-state index >= 15 is 0 Å². The number of nitrogens with zero attached hydrogens (tertiary/aromatic N) is 2. The lowest BCUT2D eigenvalue weighted by Crippen LogP contribution is -2.00. The van der Waals surface area contributed by atoms with Gasteiger partial charge in [0.2, 0.25) is 5.75 Å². The number of aromatic hydroxyl groups is 1. The minimum absolute atomic E-state index is 0.108. The fourth-order valence-electron chi connectivity index (χ4n) is 1.00. The van der Waals surface area contributed by atoms with Crippen LogP contribution in [0.4, 0.5) is 14.5 Å². The van der Waals surface area contributed by atoms with Crippen molar-refractivity contribution in [2.24, 2.45) is 0 Å². The third-order valence-corrected chi connectivity index (χ3v) is 1.95. The Labute approximate surface area is 87.5 Å². The predicted octanol–water partition coefficient (Wildman–Crippen LogP) is 2.37. The highest BCUT2D eigenvalue weighted by molar-refractivity contribution is 6.17. The number of pyridine rings is 1. The zero-order valence-electron chi connectivity index (χ0n) is 7.15. The van der Waals surface area contributed by atoms with E-state index in [0.717, 1.165) is 6.20 Å². The van der Waals surface area contributed by atoms with E-state index in [2.05, 4.69) is 4.98 Å². The summed E-state index contributed by atoms with van der Waals surface area (Å²) in [6.45, 7) is 0. The molecule has 0 bridgehead atoms. The lowest BCUT2D eigenvalue weighted by molar-refractivity contribution is -0.386. The molecule has 1 N–H and O–H groups in total. The van der Waals surface area contributed by atoms with Crippen molar-refractivity contribution in [3.63, 3.8) is 0 Å². The van der Waals surface area contributed by atoms with E-state index in [1.165, 1.54) is 0 Å². The Bertz CT molecular complexity index is 400. The molecule has 0 saturated heterocycles. The highest BCUT2D eigenvalue weighted by Crippen LogP contribution is 2.36. The number of halogens is 3. The molecule has 0 unspecified atom stereocenters. The average molecular weight is 239 g/mol. The quantitative estimate of drug-likeness (QED) is 0.498. The van der Waals surface area contributed by atoms with Gasteiger partial charge in [-0.25, -0.2) is 8.78 Å². The smallest absolute Gasteiger partial charge is 0.318 e. The van der Waals surface area contributed by atoms with Gasteiger partial charge in [0, 0.05) is 6.20 Å². The SMILES string of the molecule is O=[N+]([O-])c1c(CCl)cnc(C(F)F)c1O. The largest absolute Gasteiger partial charge is 0.501 e. The molecular weight excluding hydrogens is 234 g/mol. The van der Waals surface area contributed by atoms with Crippen LogP contribution in [0.5, 0.6) is 5.75 Å². The predicted molar refractivity (Wildman–Crippen MR) is 47.1 cm³/mol. The molecule has 1 aromatic heterocycles. The Morgan fingerprint density at radius 1 is 1.67 bits per heavy atom. The Kier molecular flexibility index (Phi) is 3.35. The molecule has 5 nitrogen and oxygen atoms in total. The molecule has 0 aliphatic heterocycles. The number of rotatable bonds is 3. The molecule has 0 saturated carbocycles. The van der Waals surface area contributed by atoms with Crippen LogP contribution in [0.3, 0.4) is 0 Å². The molecular formula is C7H5ClF2N2O3. The van der Waals surface area contributed by atoms with Crippen molar-refractivity contribution in [1.29, 1.82) is 0 Å². The molecule has 8 heteroatoms. The first-order valence-electron chi connectivity index (χ1n) is 3.68. The van der Waals surface area contributed by atoms with E-state index in [1.54, 1.807) is 0 Å². The van der Waals surface area contributed by atoms with E-state index in [9.17, 15) is 24.0 Å². The standard InChI is InChI=1S/C7H5ClF2N2O3/c8-1-3-2-11-4(7(9)10)6(13)5(3)12(14)15/h2,7,13H,1H2. The molecule has 0 spiro atoms. The second-order valence-electron chi connectivity index (χ2n) is 2.56. The fraction of sp³-hybridized carbons (Fsp3) is 0.286. The third-order valence-electron chi connectivity index (χ3n) is 1.66. The number of nitro groups is 1. The number of hydrogen-bond acceptors (Lipinski definition) is 4. The van der Waals surface area contributed by atoms with Gasteiger partial charge in [-0.05, 0) is 0 Å². The summed E-state index contributed by atoms with van der Waals surface area (Å²) in [5.41, 5.74) is -1.95. The second kappa shape index (κ2) is 4.35. The van der Waals surface area contributed by atoms with Crippen molar-refractivity contribution in [1.82, 2.24) is 4.98 Å². The van der Waals surface area contributed by atoms with Gasteiger partial charge < -0.3 is 5.11 Å². The molecule has 1 rings (SSSR count). The summed E-state index contributed by atoms with van der Waals surface area (Å²) in [7, 11) is 0. The summed E-state index contributed by atoms with van der Waals surface area (Å²) in [5, 5.41) is 19.7. The van der Waals surface area contributed by atoms with Gasteiger partial charge in [0.25, 0.3) is 6.43 Å². The summed E-state index contributed by atoms with van der Waals surface area (Å²) >= 11 is 5.34. The average Bonchev–Trinajstić information content (AvgIpc) is 2.15. The molecule has 0 fully saturated rings. The van der Waals surface area contributed by atoms with Gasteiger partial charge in [0.05, 0.1) is 16.4 Å². The van der Waals surface area contributed by atoms with Gasteiger partial charge >= 0.3 is 5.69 Å². The van der Waals surface area contributed by atoms with Crippen molar-refractivity contribution < 1.29 is 18.8 Å². The normalized spacial score (nSPS) is 10.7. The topological polar surface area (TPSA) is 76.3 Å². The first-order valence-corrected chi connectivity index (χ1v) is 4.21. The van der Waals surface area contributed by atoms with Crippen LogP contribution < -0.4 is 0 Å². The van der Waals surface area contributed by atoms with Crippen LogP contribution in [0.2, 0.25) is 0 Å². The molecule has 0 aliphatic carbocycles. The van der Waals surface area contributed by atoms with Crippen molar-refractivity contribution in [2.45, 2.75) is 12.3 Å². The Morgan fingerprint density at radius 2 is 2.27 bits per heavy atom. The van der Waals surface area contributed by atoms with E-state index in [0.29, 0.717) is 0 Å². The van der Waals surface area contributed by atoms with Crippen LogP contribution in [-0.2, 0) is 5.88 Å². The van der Waals surface area contributed by atoms with Crippen molar-refractivity contribution in [3.8, 4) is 5.75 Å². The van der Waals surface area contributed by atoms with E-state index in [4.69, 9.17) is 11.6 Å². The van der Waals surface area contributed by atoms with Gasteiger partial charge in [0.15, 0.2) is 5.69 Å². The van der Waals surface area contributed by atoms with Crippen LogP contribution in [0.15, 0.2) is 6.20 Å². The van der Waals surface area contributed by atoms with Gasteiger partial charge in [-0.3, -0.25) is 15.1 Å². The van der Waals surface area contributed by atoms with Crippen LogP contribution >= 0.6 is 11.6 Å².